The fourth-order valence-corrected chi connectivity index (χ4v) is 4.22. The summed E-state index contributed by atoms with van der Waals surface area (Å²) < 4.78 is 5.79. The number of hydrogen-bond donors (Lipinski definition) is 1. The van der Waals surface area contributed by atoms with Gasteiger partial charge in [0.2, 0.25) is 5.91 Å². The van der Waals surface area contributed by atoms with Gasteiger partial charge in [0, 0.05) is 13.0 Å². The van der Waals surface area contributed by atoms with Crippen molar-refractivity contribution in [1.29, 1.82) is 0 Å². The second-order valence-corrected chi connectivity index (χ2v) is 7.48. The Labute approximate surface area is 150 Å². The maximum absolute atomic E-state index is 11.8. The standard InChI is InChI=1S/C14H21N5O3S2/c1-2-22-13(21)17-8-6-16(7-9-17)10-19-14(23)24-12-15-11(20)4-3-5-18(12)19/h2-10H2,1H3/p+1. The molecule has 1 N–H and O–H groups in total. The summed E-state index contributed by atoms with van der Waals surface area (Å²) in [5.74, 6) is -0.0694. The Bertz CT molecular complexity index is 563. The molecule has 0 radical (unpaired) electrons. The van der Waals surface area contributed by atoms with Crippen molar-refractivity contribution < 1.29 is 19.2 Å². The van der Waals surface area contributed by atoms with Crippen LogP contribution in [0.15, 0.2) is 4.99 Å². The summed E-state index contributed by atoms with van der Waals surface area (Å²) in [7, 11) is 0. The first-order valence-electron chi connectivity index (χ1n) is 8.22. The molecule has 3 rings (SSSR count). The lowest BCUT2D eigenvalue weighted by Gasteiger charge is -2.36. The van der Waals surface area contributed by atoms with E-state index in [-0.39, 0.29) is 12.0 Å². The van der Waals surface area contributed by atoms with Crippen LogP contribution in [0.25, 0.3) is 0 Å². The third-order valence-electron chi connectivity index (χ3n) is 4.25. The topological polar surface area (TPSA) is 69.9 Å². The van der Waals surface area contributed by atoms with E-state index in [1.807, 2.05) is 16.9 Å². The zero-order chi connectivity index (χ0) is 17.1. The Hall–Kier alpha value is -1.39. The Morgan fingerprint density at radius 1 is 1.38 bits per heavy atom. The van der Waals surface area contributed by atoms with Gasteiger partial charge in [0.25, 0.3) is 0 Å². The molecular formula is C14H22N5O3S2+. The SMILES string of the molecule is CCOC(=O)N1CC[NH+](CN2C(=S)SC3=NC(=O)CCCN32)CC1. The van der Waals surface area contributed by atoms with Crippen LogP contribution < -0.4 is 4.90 Å². The average Bonchev–Trinajstić information content (AvgIpc) is 2.73. The maximum atomic E-state index is 11.8. The van der Waals surface area contributed by atoms with Crippen LogP contribution in [0.5, 0.6) is 0 Å². The lowest BCUT2D eigenvalue weighted by atomic mass is 10.3. The number of carbonyl (C=O) groups excluding carboxylic acids is 2. The number of amidine groups is 1. The molecule has 10 heteroatoms. The van der Waals surface area contributed by atoms with Gasteiger partial charge in [-0.1, -0.05) is 12.2 Å². The van der Waals surface area contributed by atoms with E-state index in [0.717, 1.165) is 37.0 Å². The summed E-state index contributed by atoms with van der Waals surface area (Å²) in [5, 5.41) is 4.78. The normalized spacial score (nSPS) is 22.4. The van der Waals surface area contributed by atoms with Crippen molar-refractivity contribution >= 4 is 45.5 Å². The number of nitrogens with one attached hydrogen (secondary N) is 1. The Morgan fingerprint density at radius 2 is 2.12 bits per heavy atom. The van der Waals surface area contributed by atoms with Gasteiger partial charge in [0.15, 0.2) is 16.2 Å². The molecule has 0 atom stereocenters. The molecular weight excluding hydrogens is 350 g/mol. The van der Waals surface area contributed by atoms with Gasteiger partial charge in [-0.3, -0.25) is 14.7 Å². The number of aliphatic imine (C=N–C) groups is 1. The fraction of sp³-hybridized carbons (Fsp3) is 0.714. The maximum Gasteiger partial charge on any atom is 0.410 e. The second kappa shape index (κ2) is 7.66. The van der Waals surface area contributed by atoms with Crippen LogP contribution in [0.4, 0.5) is 4.79 Å². The smallest absolute Gasteiger partial charge is 0.410 e. The second-order valence-electron chi connectivity index (χ2n) is 5.88. The van der Waals surface area contributed by atoms with E-state index < -0.39 is 0 Å². The van der Waals surface area contributed by atoms with E-state index in [9.17, 15) is 9.59 Å². The molecule has 0 aliphatic carbocycles. The van der Waals surface area contributed by atoms with E-state index in [4.69, 9.17) is 17.0 Å². The van der Waals surface area contributed by atoms with Gasteiger partial charge >= 0.3 is 6.09 Å². The summed E-state index contributed by atoms with van der Waals surface area (Å²) in [6.07, 6.45) is 1.05. The lowest BCUT2D eigenvalue weighted by Crippen LogP contribution is -3.16. The molecule has 3 aliphatic heterocycles. The van der Waals surface area contributed by atoms with Crippen molar-refractivity contribution in [2.24, 2.45) is 4.99 Å². The van der Waals surface area contributed by atoms with Gasteiger partial charge < -0.3 is 9.64 Å². The summed E-state index contributed by atoms with van der Waals surface area (Å²) in [4.78, 5) is 30.7. The number of nitrogens with zero attached hydrogens (tertiary/aromatic N) is 4. The molecule has 0 unspecified atom stereocenters. The molecule has 132 valence electrons. The van der Waals surface area contributed by atoms with E-state index in [1.165, 1.54) is 16.7 Å². The van der Waals surface area contributed by atoms with Crippen LogP contribution in [0.3, 0.4) is 0 Å². The molecule has 2 saturated heterocycles. The number of thioether (sulfide) groups is 1. The largest absolute Gasteiger partial charge is 0.450 e. The predicted molar refractivity (Wildman–Crippen MR) is 94.6 cm³/mol. The number of quaternary nitrogens is 1. The number of carbonyl (C=O) groups is 2. The fourth-order valence-electron chi connectivity index (χ4n) is 2.96. The van der Waals surface area contributed by atoms with Gasteiger partial charge in [-0.05, 0) is 25.1 Å². The van der Waals surface area contributed by atoms with Crippen LogP contribution in [0.1, 0.15) is 19.8 Å². The first kappa shape index (κ1) is 17.4. The van der Waals surface area contributed by atoms with Gasteiger partial charge in [-0.25, -0.2) is 9.80 Å². The Kier molecular flexibility index (Phi) is 5.57. The minimum Gasteiger partial charge on any atom is -0.450 e. The molecule has 0 aromatic carbocycles. The van der Waals surface area contributed by atoms with E-state index in [1.54, 1.807) is 4.90 Å². The van der Waals surface area contributed by atoms with E-state index in [0.29, 0.717) is 31.3 Å². The summed E-state index contributed by atoms with van der Waals surface area (Å²) in [6.45, 7) is 6.78. The first-order valence-corrected chi connectivity index (χ1v) is 9.44. The monoisotopic (exact) mass is 372 g/mol. The molecule has 8 nitrogen and oxygen atoms in total. The van der Waals surface area contributed by atoms with Crippen molar-refractivity contribution in [3.8, 4) is 0 Å². The van der Waals surface area contributed by atoms with E-state index >= 15 is 0 Å². The average molecular weight is 372 g/mol. The number of ether oxygens (including phenoxy) is 1. The summed E-state index contributed by atoms with van der Waals surface area (Å²) >= 11 is 6.85. The molecule has 0 spiro atoms. The van der Waals surface area contributed by atoms with Crippen molar-refractivity contribution in [2.45, 2.75) is 19.8 Å². The molecule has 3 heterocycles. The Morgan fingerprint density at radius 3 is 2.83 bits per heavy atom. The highest BCUT2D eigenvalue weighted by Gasteiger charge is 2.37. The van der Waals surface area contributed by atoms with Crippen LogP contribution in [-0.2, 0) is 9.53 Å². The summed E-state index contributed by atoms with van der Waals surface area (Å²) in [6, 6.07) is 0. The Balaban J connectivity index is 1.57. The number of rotatable bonds is 3. The molecule has 24 heavy (non-hydrogen) atoms. The van der Waals surface area contributed by atoms with Crippen molar-refractivity contribution in [1.82, 2.24) is 14.9 Å². The molecule has 0 aromatic rings. The molecule has 0 saturated carbocycles. The highest BCUT2D eigenvalue weighted by molar-refractivity contribution is 8.33. The van der Waals surface area contributed by atoms with Crippen molar-refractivity contribution in [2.75, 3.05) is 46.0 Å². The number of hydrazine groups is 1. The molecule has 0 aromatic heterocycles. The molecule has 0 bridgehead atoms. The zero-order valence-corrected chi connectivity index (χ0v) is 15.3. The highest BCUT2D eigenvalue weighted by atomic mass is 32.2. The minimum atomic E-state index is -0.232. The molecule has 2 amide bonds. The van der Waals surface area contributed by atoms with Crippen LogP contribution >= 0.6 is 24.0 Å². The predicted octanol–water partition coefficient (Wildman–Crippen LogP) is -0.472. The van der Waals surface area contributed by atoms with Crippen molar-refractivity contribution in [3.63, 3.8) is 0 Å². The van der Waals surface area contributed by atoms with Gasteiger partial charge in [-0.15, -0.1) is 0 Å². The van der Waals surface area contributed by atoms with Crippen molar-refractivity contribution in [3.05, 3.63) is 0 Å². The van der Waals surface area contributed by atoms with Crippen LogP contribution in [-0.4, -0.2) is 82.4 Å². The number of amides is 2. The highest BCUT2D eigenvalue weighted by Crippen LogP contribution is 2.27. The van der Waals surface area contributed by atoms with Crippen LogP contribution in [0, 0.1) is 0 Å². The quantitative estimate of drug-likeness (QED) is 0.672. The lowest BCUT2D eigenvalue weighted by molar-refractivity contribution is -0.914. The molecule has 3 aliphatic rings. The summed E-state index contributed by atoms with van der Waals surface area (Å²) in [5.41, 5.74) is 0. The van der Waals surface area contributed by atoms with Crippen LogP contribution in [0.2, 0.25) is 0 Å². The molecule has 2 fully saturated rings. The number of thiocarbonyl (C=S) groups is 1. The van der Waals surface area contributed by atoms with E-state index in [2.05, 4.69) is 4.99 Å². The minimum absolute atomic E-state index is 0.0694. The third kappa shape index (κ3) is 3.81. The van der Waals surface area contributed by atoms with Gasteiger partial charge in [0.05, 0.1) is 32.8 Å². The van der Waals surface area contributed by atoms with Gasteiger partial charge in [0.1, 0.15) is 0 Å². The van der Waals surface area contributed by atoms with Gasteiger partial charge in [-0.2, -0.15) is 4.99 Å². The first-order chi connectivity index (χ1) is 11.6. The third-order valence-corrected chi connectivity index (χ3v) is 5.58. The zero-order valence-electron chi connectivity index (χ0n) is 13.7. The number of piperazine rings is 1. The number of fused-ring (bicyclic) bond motifs is 1. The number of hydrogen-bond acceptors (Lipinski definition) is 6.